The van der Waals surface area contributed by atoms with Gasteiger partial charge in [-0.25, -0.2) is 0 Å². The van der Waals surface area contributed by atoms with Crippen molar-refractivity contribution >= 4 is 5.97 Å². The van der Waals surface area contributed by atoms with Gasteiger partial charge < -0.3 is 10.1 Å². The monoisotopic (exact) mass is 241 g/mol. The Hall–Kier alpha value is -0.570. The van der Waals surface area contributed by atoms with Gasteiger partial charge >= 0.3 is 5.97 Å². The first-order valence-electron chi connectivity index (χ1n) is 7.00. The van der Waals surface area contributed by atoms with E-state index in [1.54, 1.807) is 0 Å². The molecule has 3 nitrogen and oxygen atoms in total. The van der Waals surface area contributed by atoms with E-state index in [-0.39, 0.29) is 17.6 Å². The molecule has 0 aromatic carbocycles. The van der Waals surface area contributed by atoms with Crippen LogP contribution in [0.1, 0.15) is 65.2 Å². The van der Waals surface area contributed by atoms with Crippen molar-refractivity contribution in [2.24, 2.45) is 0 Å². The zero-order valence-electron chi connectivity index (χ0n) is 11.6. The molecular weight excluding hydrogens is 214 g/mol. The van der Waals surface area contributed by atoms with Crippen molar-refractivity contribution in [2.45, 2.75) is 76.9 Å². The van der Waals surface area contributed by atoms with Crippen LogP contribution in [0, 0.1) is 0 Å². The maximum Gasteiger partial charge on any atom is 0.307 e. The Labute approximate surface area is 105 Å². The summed E-state index contributed by atoms with van der Waals surface area (Å²) >= 11 is 0. The van der Waals surface area contributed by atoms with Crippen molar-refractivity contribution < 1.29 is 9.53 Å². The summed E-state index contributed by atoms with van der Waals surface area (Å²) in [6.07, 6.45) is 8.54. The maximum atomic E-state index is 11.9. The standard InChI is InChI=1S/C14H27NO2/c1-4-8-12(2)17-13(16)11-14(15-3)9-6-5-7-10-14/h12,15H,4-11H2,1-3H3. The van der Waals surface area contributed by atoms with Crippen LogP contribution in [0.5, 0.6) is 0 Å². The van der Waals surface area contributed by atoms with Crippen LogP contribution in [0.2, 0.25) is 0 Å². The molecule has 1 unspecified atom stereocenters. The van der Waals surface area contributed by atoms with Gasteiger partial charge in [-0.3, -0.25) is 4.79 Å². The Morgan fingerprint density at radius 3 is 2.53 bits per heavy atom. The molecule has 0 bridgehead atoms. The van der Waals surface area contributed by atoms with Crippen LogP contribution in [-0.4, -0.2) is 24.7 Å². The first-order chi connectivity index (χ1) is 8.12. The minimum Gasteiger partial charge on any atom is -0.463 e. The molecule has 0 aromatic heterocycles. The summed E-state index contributed by atoms with van der Waals surface area (Å²) in [5.74, 6) is -0.0396. The van der Waals surface area contributed by atoms with E-state index < -0.39 is 0 Å². The molecule has 1 saturated carbocycles. The van der Waals surface area contributed by atoms with E-state index in [4.69, 9.17) is 4.74 Å². The third-order valence-electron chi connectivity index (χ3n) is 3.85. The summed E-state index contributed by atoms with van der Waals surface area (Å²) in [6, 6.07) is 0. The van der Waals surface area contributed by atoms with Crippen LogP contribution in [0.3, 0.4) is 0 Å². The van der Waals surface area contributed by atoms with E-state index in [9.17, 15) is 4.79 Å². The average molecular weight is 241 g/mol. The lowest BCUT2D eigenvalue weighted by molar-refractivity contribution is -0.150. The lowest BCUT2D eigenvalue weighted by atomic mass is 9.79. The molecule has 1 atom stereocenters. The van der Waals surface area contributed by atoms with Crippen molar-refractivity contribution in [2.75, 3.05) is 7.05 Å². The number of hydrogen-bond acceptors (Lipinski definition) is 3. The summed E-state index contributed by atoms with van der Waals surface area (Å²) in [6.45, 7) is 4.09. The Bertz CT molecular complexity index is 234. The highest BCUT2D eigenvalue weighted by atomic mass is 16.5. The minimum atomic E-state index is -0.0396. The summed E-state index contributed by atoms with van der Waals surface area (Å²) in [5.41, 5.74) is 0.00126. The highest BCUT2D eigenvalue weighted by molar-refractivity contribution is 5.71. The van der Waals surface area contributed by atoms with Gasteiger partial charge in [-0.15, -0.1) is 0 Å². The summed E-state index contributed by atoms with van der Waals surface area (Å²) in [5, 5.41) is 3.35. The van der Waals surface area contributed by atoms with Gasteiger partial charge in [0.25, 0.3) is 0 Å². The molecule has 1 fully saturated rings. The molecule has 3 heteroatoms. The zero-order chi connectivity index (χ0) is 12.7. The van der Waals surface area contributed by atoms with E-state index >= 15 is 0 Å². The van der Waals surface area contributed by atoms with E-state index in [1.165, 1.54) is 19.3 Å². The van der Waals surface area contributed by atoms with E-state index in [1.807, 2.05) is 14.0 Å². The van der Waals surface area contributed by atoms with Crippen molar-refractivity contribution in [1.82, 2.24) is 5.32 Å². The van der Waals surface area contributed by atoms with Crippen molar-refractivity contribution in [3.8, 4) is 0 Å². The lowest BCUT2D eigenvalue weighted by Gasteiger charge is -2.36. The van der Waals surface area contributed by atoms with Gasteiger partial charge in [0.15, 0.2) is 0 Å². The Balaban J connectivity index is 2.41. The van der Waals surface area contributed by atoms with E-state index in [0.717, 1.165) is 25.7 Å². The second-order valence-corrected chi connectivity index (χ2v) is 5.36. The van der Waals surface area contributed by atoms with E-state index in [0.29, 0.717) is 6.42 Å². The normalized spacial score (nSPS) is 20.9. The summed E-state index contributed by atoms with van der Waals surface area (Å²) < 4.78 is 5.44. The van der Waals surface area contributed by atoms with Crippen LogP contribution in [0.25, 0.3) is 0 Å². The topological polar surface area (TPSA) is 38.3 Å². The van der Waals surface area contributed by atoms with Crippen LogP contribution in [0.15, 0.2) is 0 Å². The van der Waals surface area contributed by atoms with Crippen LogP contribution >= 0.6 is 0 Å². The molecule has 1 aliphatic rings. The molecule has 100 valence electrons. The second kappa shape index (κ2) is 7.00. The highest BCUT2D eigenvalue weighted by Crippen LogP contribution is 2.31. The maximum absolute atomic E-state index is 11.9. The fraction of sp³-hybridized carbons (Fsp3) is 0.929. The van der Waals surface area contributed by atoms with Gasteiger partial charge in [-0.2, -0.15) is 0 Å². The van der Waals surface area contributed by atoms with Gasteiger partial charge in [0, 0.05) is 5.54 Å². The number of hydrogen-bond donors (Lipinski definition) is 1. The van der Waals surface area contributed by atoms with Gasteiger partial charge in [0.05, 0.1) is 12.5 Å². The first-order valence-corrected chi connectivity index (χ1v) is 7.00. The minimum absolute atomic E-state index is 0.00126. The third kappa shape index (κ3) is 4.66. The molecule has 0 aliphatic heterocycles. The third-order valence-corrected chi connectivity index (χ3v) is 3.85. The fourth-order valence-electron chi connectivity index (χ4n) is 2.75. The van der Waals surface area contributed by atoms with E-state index in [2.05, 4.69) is 12.2 Å². The summed E-state index contributed by atoms with van der Waals surface area (Å²) in [7, 11) is 1.97. The van der Waals surface area contributed by atoms with Crippen LogP contribution < -0.4 is 5.32 Å². The molecule has 0 radical (unpaired) electrons. The zero-order valence-corrected chi connectivity index (χ0v) is 11.6. The molecular formula is C14H27NO2. The molecule has 0 spiro atoms. The van der Waals surface area contributed by atoms with Crippen LogP contribution in [0.4, 0.5) is 0 Å². The molecule has 0 amide bonds. The van der Waals surface area contributed by atoms with Crippen molar-refractivity contribution in [3.63, 3.8) is 0 Å². The Morgan fingerprint density at radius 1 is 1.35 bits per heavy atom. The molecule has 1 rings (SSSR count). The highest BCUT2D eigenvalue weighted by Gasteiger charge is 2.33. The average Bonchev–Trinajstić information content (AvgIpc) is 2.30. The molecule has 1 N–H and O–H groups in total. The van der Waals surface area contributed by atoms with Gasteiger partial charge in [-0.1, -0.05) is 32.6 Å². The SMILES string of the molecule is CCCC(C)OC(=O)CC1(NC)CCCCC1. The number of ether oxygens (including phenoxy) is 1. The van der Waals surface area contributed by atoms with Gasteiger partial charge in [0.2, 0.25) is 0 Å². The lowest BCUT2D eigenvalue weighted by Crippen LogP contribution is -2.46. The predicted octanol–water partition coefficient (Wildman–Crippen LogP) is 3.03. The Kier molecular flexibility index (Phi) is 5.96. The largest absolute Gasteiger partial charge is 0.463 e. The Morgan fingerprint density at radius 2 is 2.00 bits per heavy atom. The predicted molar refractivity (Wildman–Crippen MR) is 70.0 cm³/mol. The van der Waals surface area contributed by atoms with Gasteiger partial charge in [0.1, 0.15) is 0 Å². The van der Waals surface area contributed by atoms with Gasteiger partial charge in [-0.05, 0) is 33.2 Å². The first kappa shape index (κ1) is 14.5. The molecule has 0 heterocycles. The fourth-order valence-corrected chi connectivity index (χ4v) is 2.75. The molecule has 1 aliphatic carbocycles. The second-order valence-electron chi connectivity index (χ2n) is 5.36. The molecule has 17 heavy (non-hydrogen) atoms. The van der Waals surface area contributed by atoms with Crippen molar-refractivity contribution in [3.05, 3.63) is 0 Å². The number of carbonyl (C=O) groups excluding carboxylic acids is 1. The quantitative estimate of drug-likeness (QED) is 0.726. The molecule has 0 saturated heterocycles. The number of rotatable bonds is 6. The molecule has 0 aromatic rings. The van der Waals surface area contributed by atoms with Crippen LogP contribution in [-0.2, 0) is 9.53 Å². The van der Waals surface area contributed by atoms with Crippen molar-refractivity contribution in [1.29, 1.82) is 0 Å². The number of esters is 1. The number of carbonyl (C=O) groups is 1. The summed E-state index contributed by atoms with van der Waals surface area (Å²) in [4.78, 5) is 11.9. The smallest absolute Gasteiger partial charge is 0.307 e. The number of nitrogens with one attached hydrogen (secondary N) is 1.